The average molecular weight is 104 g/mol. The van der Waals surface area contributed by atoms with E-state index in [9.17, 15) is 0 Å². The molecule has 0 bridgehead atoms. The van der Waals surface area contributed by atoms with Crippen LogP contribution in [0.1, 0.15) is 5.69 Å². The Morgan fingerprint density at radius 1 is 1.62 bits per heavy atom. The van der Waals surface area contributed by atoms with Crippen molar-refractivity contribution in [1.29, 1.82) is 0 Å². The SMILES string of the molecule is [C]1=CCn2cccc21. The second kappa shape index (κ2) is 1.25. The Morgan fingerprint density at radius 2 is 2.62 bits per heavy atom. The summed E-state index contributed by atoms with van der Waals surface area (Å²) >= 11 is 0. The van der Waals surface area contributed by atoms with Gasteiger partial charge in [-0.2, -0.15) is 0 Å². The monoisotopic (exact) mass is 104 g/mol. The van der Waals surface area contributed by atoms with Crippen LogP contribution < -0.4 is 0 Å². The number of hydrogen-bond donors (Lipinski definition) is 0. The van der Waals surface area contributed by atoms with Crippen LogP contribution in [-0.2, 0) is 6.54 Å². The summed E-state index contributed by atoms with van der Waals surface area (Å²) in [5, 5.41) is 0. The normalized spacial score (nSPS) is 14.5. The third kappa shape index (κ3) is 0.360. The first kappa shape index (κ1) is 3.96. The smallest absolute Gasteiger partial charge is 0.0487 e. The van der Waals surface area contributed by atoms with Gasteiger partial charge in [0.05, 0.1) is 0 Å². The van der Waals surface area contributed by atoms with Gasteiger partial charge in [0.1, 0.15) is 0 Å². The highest BCUT2D eigenvalue weighted by Gasteiger charge is 1.99. The van der Waals surface area contributed by atoms with Crippen LogP contribution in [-0.4, -0.2) is 4.57 Å². The minimum atomic E-state index is 1.00. The van der Waals surface area contributed by atoms with Crippen molar-refractivity contribution in [3.05, 3.63) is 36.2 Å². The molecule has 0 saturated carbocycles. The fourth-order valence-electron chi connectivity index (χ4n) is 0.953. The third-order valence-electron chi connectivity index (χ3n) is 1.37. The fraction of sp³-hybridized carbons (Fsp3) is 0.143. The molecule has 39 valence electrons. The maximum absolute atomic E-state index is 3.12. The third-order valence-corrected chi connectivity index (χ3v) is 1.37. The topological polar surface area (TPSA) is 4.93 Å². The molecule has 0 aromatic carbocycles. The molecule has 1 aromatic rings. The van der Waals surface area contributed by atoms with Crippen LogP contribution in [0.3, 0.4) is 0 Å². The molecule has 0 unspecified atom stereocenters. The molecule has 1 heteroatoms. The van der Waals surface area contributed by atoms with Crippen molar-refractivity contribution < 1.29 is 0 Å². The zero-order valence-corrected chi connectivity index (χ0v) is 4.46. The van der Waals surface area contributed by atoms with E-state index in [4.69, 9.17) is 0 Å². The lowest BCUT2D eigenvalue weighted by atomic mass is 10.4. The second-order valence-corrected chi connectivity index (χ2v) is 1.89. The van der Waals surface area contributed by atoms with Gasteiger partial charge >= 0.3 is 0 Å². The highest BCUT2D eigenvalue weighted by Crippen LogP contribution is 2.07. The fourth-order valence-corrected chi connectivity index (χ4v) is 0.953. The van der Waals surface area contributed by atoms with Crippen LogP contribution in [0.25, 0.3) is 0 Å². The number of nitrogens with zero attached hydrogens (tertiary/aromatic N) is 1. The molecular weight excluding hydrogens is 98.1 g/mol. The highest BCUT2D eigenvalue weighted by atomic mass is 15.0. The van der Waals surface area contributed by atoms with Gasteiger partial charge in [0.2, 0.25) is 0 Å². The van der Waals surface area contributed by atoms with E-state index in [0.717, 1.165) is 6.54 Å². The molecule has 0 aliphatic carbocycles. The van der Waals surface area contributed by atoms with Crippen LogP contribution in [0.5, 0.6) is 0 Å². The van der Waals surface area contributed by atoms with Crippen LogP contribution in [0.2, 0.25) is 0 Å². The van der Waals surface area contributed by atoms with Crippen molar-refractivity contribution >= 4 is 0 Å². The molecule has 1 radical (unpaired) electrons. The Balaban J connectivity index is 2.67. The first-order valence-electron chi connectivity index (χ1n) is 2.70. The standard InChI is InChI=1S/C7H6N/c1-3-7-4-2-6-8(7)5-1/h1-3,5H,6H2. The van der Waals surface area contributed by atoms with E-state index >= 15 is 0 Å². The number of hydrogen-bond acceptors (Lipinski definition) is 0. The van der Waals surface area contributed by atoms with Gasteiger partial charge in [-0.1, -0.05) is 6.08 Å². The summed E-state index contributed by atoms with van der Waals surface area (Å²) in [6.07, 6.45) is 7.22. The molecule has 0 amide bonds. The molecular formula is C7H6N. The molecule has 8 heavy (non-hydrogen) atoms. The zero-order valence-electron chi connectivity index (χ0n) is 4.46. The van der Waals surface area contributed by atoms with Gasteiger partial charge < -0.3 is 4.57 Å². The van der Waals surface area contributed by atoms with E-state index in [1.54, 1.807) is 0 Å². The molecule has 1 aromatic heterocycles. The quantitative estimate of drug-likeness (QED) is 0.466. The molecule has 0 spiro atoms. The van der Waals surface area contributed by atoms with Crippen molar-refractivity contribution in [1.82, 2.24) is 4.57 Å². The Bertz CT molecular complexity index is 220. The van der Waals surface area contributed by atoms with Crippen LogP contribution in [0.4, 0.5) is 0 Å². The van der Waals surface area contributed by atoms with Crippen LogP contribution in [0, 0.1) is 6.08 Å². The van der Waals surface area contributed by atoms with Crippen molar-refractivity contribution in [2.24, 2.45) is 0 Å². The Labute approximate surface area is 48.2 Å². The molecule has 1 aliphatic rings. The summed E-state index contributed by atoms with van der Waals surface area (Å²) in [4.78, 5) is 0. The summed E-state index contributed by atoms with van der Waals surface area (Å²) in [5.74, 6) is 0. The number of rotatable bonds is 0. The Kier molecular flexibility index (Phi) is 0.618. The van der Waals surface area contributed by atoms with Crippen molar-refractivity contribution in [3.63, 3.8) is 0 Å². The second-order valence-electron chi connectivity index (χ2n) is 1.89. The van der Waals surface area contributed by atoms with Gasteiger partial charge in [-0.25, -0.2) is 0 Å². The van der Waals surface area contributed by atoms with E-state index in [2.05, 4.69) is 22.9 Å². The molecule has 0 saturated heterocycles. The van der Waals surface area contributed by atoms with Crippen molar-refractivity contribution in [2.45, 2.75) is 6.54 Å². The molecule has 0 N–H and O–H groups in total. The number of fused-ring (bicyclic) bond motifs is 1. The summed E-state index contributed by atoms with van der Waals surface area (Å²) in [5.41, 5.74) is 1.20. The van der Waals surface area contributed by atoms with Crippen molar-refractivity contribution in [2.75, 3.05) is 0 Å². The molecule has 2 heterocycles. The van der Waals surface area contributed by atoms with Gasteiger partial charge in [-0.05, 0) is 12.1 Å². The van der Waals surface area contributed by atoms with Gasteiger partial charge in [0.15, 0.2) is 0 Å². The van der Waals surface area contributed by atoms with Crippen molar-refractivity contribution in [3.8, 4) is 0 Å². The molecule has 0 fully saturated rings. The lowest BCUT2D eigenvalue weighted by Gasteiger charge is -1.90. The minimum Gasteiger partial charge on any atom is -0.344 e. The minimum absolute atomic E-state index is 1.00. The Morgan fingerprint density at radius 3 is 3.50 bits per heavy atom. The van der Waals surface area contributed by atoms with Gasteiger partial charge in [-0.3, -0.25) is 0 Å². The molecule has 0 atom stereocenters. The summed E-state index contributed by atoms with van der Waals surface area (Å²) in [6.45, 7) is 1.00. The summed E-state index contributed by atoms with van der Waals surface area (Å²) in [6, 6.07) is 4.10. The van der Waals surface area contributed by atoms with E-state index in [0.29, 0.717) is 0 Å². The average Bonchev–Trinajstić information content (AvgIpc) is 2.15. The first-order valence-corrected chi connectivity index (χ1v) is 2.70. The van der Waals surface area contributed by atoms with Gasteiger partial charge in [0.25, 0.3) is 0 Å². The van der Waals surface area contributed by atoms with Crippen LogP contribution >= 0.6 is 0 Å². The first-order chi connectivity index (χ1) is 3.97. The predicted octanol–water partition coefficient (Wildman–Crippen LogP) is 1.21. The lowest BCUT2D eigenvalue weighted by Crippen LogP contribution is -1.87. The van der Waals surface area contributed by atoms with E-state index in [1.807, 2.05) is 12.1 Å². The zero-order chi connectivity index (χ0) is 5.40. The summed E-state index contributed by atoms with van der Waals surface area (Å²) in [7, 11) is 0. The molecule has 1 nitrogen and oxygen atoms in total. The van der Waals surface area contributed by atoms with Crippen LogP contribution in [0.15, 0.2) is 24.4 Å². The summed E-state index contributed by atoms with van der Waals surface area (Å²) < 4.78 is 2.15. The largest absolute Gasteiger partial charge is 0.344 e. The molecule has 2 rings (SSSR count). The highest BCUT2D eigenvalue weighted by molar-refractivity contribution is 5.19. The van der Waals surface area contributed by atoms with E-state index in [1.165, 1.54) is 5.69 Å². The predicted molar refractivity (Wildman–Crippen MR) is 31.3 cm³/mol. The maximum atomic E-state index is 3.12. The Hall–Kier alpha value is -0.980. The maximum Gasteiger partial charge on any atom is 0.0487 e. The lowest BCUT2D eigenvalue weighted by molar-refractivity contribution is 0.846. The number of aromatic nitrogens is 1. The van der Waals surface area contributed by atoms with Gasteiger partial charge in [-0.15, -0.1) is 0 Å². The molecule has 1 aliphatic heterocycles. The number of allylic oxidation sites excluding steroid dienone is 1. The van der Waals surface area contributed by atoms with E-state index < -0.39 is 0 Å². The van der Waals surface area contributed by atoms with E-state index in [-0.39, 0.29) is 0 Å². The van der Waals surface area contributed by atoms with Gasteiger partial charge in [0, 0.05) is 24.5 Å².